The van der Waals surface area contributed by atoms with E-state index in [0.29, 0.717) is 18.1 Å². The van der Waals surface area contributed by atoms with E-state index in [2.05, 4.69) is 19.2 Å². The number of nitrogens with one attached hydrogen (secondary N) is 1. The molecule has 0 saturated heterocycles. The molecule has 2 aromatic heterocycles. The van der Waals surface area contributed by atoms with E-state index in [4.69, 9.17) is 4.42 Å². The first-order valence-corrected chi connectivity index (χ1v) is 8.51. The van der Waals surface area contributed by atoms with Crippen molar-refractivity contribution in [1.29, 1.82) is 0 Å². The normalized spacial score (nSPS) is 13.6. The lowest BCUT2D eigenvalue weighted by Gasteiger charge is -2.24. The van der Waals surface area contributed by atoms with Crippen molar-refractivity contribution in [3.63, 3.8) is 0 Å². The standard InChI is InChI=1S/C19H26N2O4/c1-14(2)9-10-19(3,24)13-20-18(23)16-8-7-15(25-16)12-21-11-5-4-6-17(21)22/h4-8,11,14,24H,9-10,12-13H2,1-3H3,(H,20,23). The van der Waals surface area contributed by atoms with E-state index in [1.54, 1.807) is 37.4 Å². The van der Waals surface area contributed by atoms with Crippen molar-refractivity contribution in [2.75, 3.05) is 6.54 Å². The van der Waals surface area contributed by atoms with Gasteiger partial charge in [-0.25, -0.2) is 0 Å². The molecule has 2 aromatic rings. The van der Waals surface area contributed by atoms with Crippen LogP contribution in [0.3, 0.4) is 0 Å². The van der Waals surface area contributed by atoms with Gasteiger partial charge in [0.1, 0.15) is 5.76 Å². The van der Waals surface area contributed by atoms with Crippen molar-refractivity contribution in [2.45, 2.75) is 45.8 Å². The van der Waals surface area contributed by atoms with Gasteiger partial charge in [0.15, 0.2) is 5.76 Å². The van der Waals surface area contributed by atoms with E-state index in [1.165, 1.54) is 10.6 Å². The molecular weight excluding hydrogens is 320 g/mol. The van der Waals surface area contributed by atoms with Crippen LogP contribution in [-0.2, 0) is 6.54 Å². The summed E-state index contributed by atoms with van der Waals surface area (Å²) in [4.78, 5) is 23.9. The molecule has 0 radical (unpaired) electrons. The Balaban J connectivity index is 1.92. The third-order valence-electron chi connectivity index (χ3n) is 4.00. The van der Waals surface area contributed by atoms with E-state index in [0.717, 1.165) is 6.42 Å². The van der Waals surface area contributed by atoms with Crippen LogP contribution < -0.4 is 10.9 Å². The Morgan fingerprint density at radius 1 is 1.32 bits per heavy atom. The largest absolute Gasteiger partial charge is 0.454 e. The first-order valence-electron chi connectivity index (χ1n) is 8.51. The molecule has 0 saturated carbocycles. The van der Waals surface area contributed by atoms with Gasteiger partial charge in [0.2, 0.25) is 0 Å². The number of furan rings is 1. The Bertz CT molecular complexity index is 759. The van der Waals surface area contributed by atoms with Gasteiger partial charge in [-0.3, -0.25) is 9.59 Å². The van der Waals surface area contributed by atoms with Crippen molar-refractivity contribution in [3.05, 3.63) is 58.4 Å². The van der Waals surface area contributed by atoms with Crippen molar-refractivity contribution in [3.8, 4) is 0 Å². The van der Waals surface area contributed by atoms with Gasteiger partial charge in [-0.05, 0) is 43.9 Å². The van der Waals surface area contributed by atoms with E-state index in [9.17, 15) is 14.7 Å². The van der Waals surface area contributed by atoms with Crippen LogP contribution in [0.5, 0.6) is 0 Å². The zero-order valence-corrected chi connectivity index (χ0v) is 15.0. The topological polar surface area (TPSA) is 84.5 Å². The summed E-state index contributed by atoms with van der Waals surface area (Å²) in [7, 11) is 0. The van der Waals surface area contributed by atoms with Crippen molar-refractivity contribution < 1.29 is 14.3 Å². The highest BCUT2D eigenvalue weighted by atomic mass is 16.4. The SMILES string of the molecule is CC(C)CCC(C)(O)CNC(=O)c1ccc(Cn2ccccc2=O)o1. The van der Waals surface area contributed by atoms with Crippen LogP contribution in [-0.4, -0.2) is 27.7 Å². The van der Waals surface area contributed by atoms with E-state index >= 15 is 0 Å². The van der Waals surface area contributed by atoms with Gasteiger partial charge in [0, 0.05) is 18.8 Å². The molecule has 136 valence electrons. The van der Waals surface area contributed by atoms with Crippen molar-refractivity contribution in [2.24, 2.45) is 5.92 Å². The van der Waals surface area contributed by atoms with Crippen LogP contribution in [0.25, 0.3) is 0 Å². The first kappa shape index (κ1) is 19.0. The summed E-state index contributed by atoms with van der Waals surface area (Å²) < 4.78 is 7.01. The Morgan fingerprint density at radius 2 is 2.08 bits per heavy atom. The van der Waals surface area contributed by atoms with Gasteiger partial charge in [0.05, 0.1) is 12.1 Å². The highest BCUT2D eigenvalue weighted by Gasteiger charge is 2.22. The minimum atomic E-state index is -0.952. The van der Waals surface area contributed by atoms with Gasteiger partial charge >= 0.3 is 0 Å². The lowest BCUT2D eigenvalue weighted by Crippen LogP contribution is -2.40. The van der Waals surface area contributed by atoms with Crippen LogP contribution in [0.4, 0.5) is 0 Å². The third-order valence-corrected chi connectivity index (χ3v) is 4.00. The predicted octanol–water partition coefficient (Wildman–Crippen LogP) is 2.41. The number of rotatable bonds is 8. The van der Waals surface area contributed by atoms with Gasteiger partial charge in [0.25, 0.3) is 11.5 Å². The summed E-state index contributed by atoms with van der Waals surface area (Å²) >= 11 is 0. The highest BCUT2D eigenvalue weighted by Crippen LogP contribution is 2.16. The van der Waals surface area contributed by atoms with Gasteiger partial charge in [-0.15, -0.1) is 0 Å². The average Bonchev–Trinajstić information content (AvgIpc) is 3.02. The fraction of sp³-hybridized carbons (Fsp3) is 0.474. The third kappa shape index (κ3) is 5.90. The molecule has 0 aliphatic rings. The number of pyridine rings is 1. The number of nitrogens with zero attached hydrogens (tertiary/aromatic N) is 1. The Kier molecular flexibility index (Phi) is 6.20. The Morgan fingerprint density at radius 3 is 2.76 bits per heavy atom. The summed E-state index contributed by atoms with van der Waals surface area (Å²) in [6.45, 7) is 6.32. The second-order valence-electron chi connectivity index (χ2n) is 7.04. The zero-order valence-electron chi connectivity index (χ0n) is 15.0. The number of hydrogen-bond donors (Lipinski definition) is 2. The molecule has 6 heteroatoms. The minimum absolute atomic E-state index is 0.133. The number of carbonyl (C=O) groups is 1. The van der Waals surface area contributed by atoms with Gasteiger partial charge in [-0.1, -0.05) is 19.9 Å². The number of hydrogen-bond acceptors (Lipinski definition) is 4. The molecule has 1 atom stereocenters. The van der Waals surface area contributed by atoms with Crippen LogP contribution in [0.15, 0.2) is 45.7 Å². The maximum absolute atomic E-state index is 12.2. The molecule has 1 amide bonds. The summed E-state index contributed by atoms with van der Waals surface area (Å²) in [5, 5.41) is 13.0. The molecule has 1 unspecified atom stereocenters. The van der Waals surface area contributed by atoms with E-state index in [-0.39, 0.29) is 30.3 Å². The molecule has 0 bridgehead atoms. The second-order valence-corrected chi connectivity index (χ2v) is 7.04. The summed E-state index contributed by atoms with van der Waals surface area (Å²) in [5.74, 6) is 0.802. The first-order chi connectivity index (χ1) is 11.8. The van der Waals surface area contributed by atoms with E-state index < -0.39 is 5.60 Å². The monoisotopic (exact) mass is 346 g/mol. The molecule has 0 aliphatic carbocycles. The molecule has 0 aliphatic heterocycles. The number of aliphatic hydroxyl groups is 1. The number of aromatic nitrogens is 1. The fourth-order valence-electron chi connectivity index (χ4n) is 2.39. The zero-order chi connectivity index (χ0) is 18.4. The molecule has 2 rings (SSSR count). The Labute approximate surface area is 147 Å². The lowest BCUT2D eigenvalue weighted by molar-refractivity contribution is 0.0423. The summed E-state index contributed by atoms with van der Waals surface area (Å²) in [5.41, 5.74) is -1.08. The van der Waals surface area contributed by atoms with Gasteiger partial charge < -0.3 is 19.4 Å². The van der Waals surface area contributed by atoms with E-state index in [1.807, 2.05) is 0 Å². The maximum atomic E-state index is 12.2. The fourth-order valence-corrected chi connectivity index (χ4v) is 2.39. The van der Waals surface area contributed by atoms with Crippen LogP contribution in [0.2, 0.25) is 0 Å². The van der Waals surface area contributed by atoms with Crippen LogP contribution >= 0.6 is 0 Å². The summed E-state index contributed by atoms with van der Waals surface area (Å²) in [6.07, 6.45) is 3.17. The van der Waals surface area contributed by atoms with Gasteiger partial charge in [-0.2, -0.15) is 0 Å². The molecule has 25 heavy (non-hydrogen) atoms. The smallest absolute Gasteiger partial charge is 0.287 e. The number of carbonyl (C=O) groups excluding carboxylic acids is 1. The molecule has 6 nitrogen and oxygen atoms in total. The Hall–Kier alpha value is -2.34. The molecule has 2 heterocycles. The van der Waals surface area contributed by atoms with Crippen molar-refractivity contribution in [1.82, 2.24) is 9.88 Å². The van der Waals surface area contributed by atoms with Crippen molar-refractivity contribution >= 4 is 5.91 Å². The summed E-state index contributed by atoms with van der Waals surface area (Å²) in [6, 6.07) is 8.14. The lowest BCUT2D eigenvalue weighted by atomic mass is 9.95. The number of amides is 1. The molecular formula is C19H26N2O4. The maximum Gasteiger partial charge on any atom is 0.287 e. The molecule has 0 fully saturated rings. The minimum Gasteiger partial charge on any atom is -0.454 e. The highest BCUT2D eigenvalue weighted by molar-refractivity contribution is 5.91. The molecule has 2 N–H and O–H groups in total. The predicted molar refractivity (Wildman–Crippen MR) is 95.5 cm³/mol. The van der Waals surface area contributed by atoms with Crippen LogP contribution in [0, 0.1) is 5.92 Å². The molecule has 0 aromatic carbocycles. The molecule has 0 spiro atoms. The quantitative estimate of drug-likeness (QED) is 0.769. The van der Waals surface area contributed by atoms with Crippen LogP contribution in [0.1, 0.15) is 49.9 Å². The average molecular weight is 346 g/mol. The second kappa shape index (κ2) is 8.16.